The standard InChI is InChI=1S/C20H23BrN2O5/c1-26-16-10-14(11-17(27-2)18(16)21)20(25)23-7-5-13(6-8-23)19(24)22-12-15-4-3-9-28-15/h3-4,9-11,13H,5-8,12H2,1-2H3,(H,22,24). The minimum Gasteiger partial charge on any atom is -0.495 e. The van der Waals surface area contributed by atoms with Crippen molar-refractivity contribution >= 4 is 27.7 Å². The minimum atomic E-state index is -0.104. The number of methoxy groups -OCH3 is 2. The lowest BCUT2D eigenvalue weighted by Gasteiger charge is -2.31. The number of carbonyl (C=O) groups is 2. The molecule has 0 atom stereocenters. The molecule has 150 valence electrons. The third-order valence-corrected chi connectivity index (χ3v) is 5.64. The Hall–Kier alpha value is -2.48. The zero-order chi connectivity index (χ0) is 20.1. The molecule has 2 amide bonds. The Labute approximate surface area is 172 Å². The van der Waals surface area contributed by atoms with Crippen molar-refractivity contribution < 1.29 is 23.5 Å². The van der Waals surface area contributed by atoms with Crippen molar-refractivity contribution in [3.8, 4) is 11.5 Å². The summed E-state index contributed by atoms with van der Waals surface area (Å²) in [6.45, 7) is 1.43. The van der Waals surface area contributed by atoms with E-state index in [4.69, 9.17) is 13.9 Å². The van der Waals surface area contributed by atoms with Crippen LogP contribution in [0.25, 0.3) is 0 Å². The molecular weight excluding hydrogens is 428 g/mol. The fourth-order valence-corrected chi connectivity index (χ4v) is 3.80. The van der Waals surface area contributed by atoms with E-state index in [1.165, 1.54) is 0 Å². The van der Waals surface area contributed by atoms with E-state index in [1.807, 2.05) is 6.07 Å². The predicted molar refractivity (Wildman–Crippen MR) is 106 cm³/mol. The fraction of sp³-hybridized carbons (Fsp3) is 0.400. The summed E-state index contributed by atoms with van der Waals surface area (Å²) >= 11 is 3.41. The lowest BCUT2D eigenvalue weighted by Crippen LogP contribution is -2.42. The van der Waals surface area contributed by atoms with Gasteiger partial charge in [-0.2, -0.15) is 0 Å². The summed E-state index contributed by atoms with van der Waals surface area (Å²) < 4.78 is 16.5. The fourth-order valence-electron chi connectivity index (χ4n) is 3.25. The zero-order valence-corrected chi connectivity index (χ0v) is 17.5. The first-order chi connectivity index (χ1) is 13.5. The van der Waals surface area contributed by atoms with Gasteiger partial charge in [0.15, 0.2) is 0 Å². The molecule has 3 rings (SSSR count). The SMILES string of the molecule is COc1cc(C(=O)N2CCC(C(=O)NCc3ccco3)CC2)cc(OC)c1Br. The molecular formula is C20H23BrN2O5. The largest absolute Gasteiger partial charge is 0.495 e. The van der Waals surface area contributed by atoms with E-state index < -0.39 is 0 Å². The van der Waals surface area contributed by atoms with Gasteiger partial charge in [0.25, 0.3) is 5.91 Å². The number of rotatable bonds is 6. The Morgan fingerprint density at radius 3 is 2.39 bits per heavy atom. The Bertz CT molecular complexity index is 804. The number of hydrogen-bond donors (Lipinski definition) is 1. The number of piperidine rings is 1. The summed E-state index contributed by atoms with van der Waals surface area (Å²) in [5.74, 6) is 1.59. The molecule has 8 heteroatoms. The topological polar surface area (TPSA) is 81.0 Å². The number of furan rings is 1. The van der Waals surface area contributed by atoms with E-state index in [1.54, 1.807) is 43.6 Å². The van der Waals surface area contributed by atoms with E-state index in [0.717, 1.165) is 5.76 Å². The van der Waals surface area contributed by atoms with Crippen LogP contribution in [-0.2, 0) is 11.3 Å². The zero-order valence-electron chi connectivity index (χ0n) is 15.9. The monoisotopic (exact) mass is 450 g/mol. The third kappa shape index (κ3) is 4.49. The summed E-state index contributed by atoms with van der Waals surface area (Å²) in [7, 11) is 3.08. The van der Waals surface area contributed by atoms with Crippen LogP contribution in [0.15, 0.2) is 39.4 Å². The number of nitrogens with zero attached hydrogens (tertiary/aromatic N) is 1. The predicted octanol–water partition coefficient (Wildman–Crippen LogP) is 3.23. The normalized spacial score (nSPS) is 14.6. The lowest BCUT2D eigenvalue weighted by molar-refractivity contribution is -0.126. The van der Waals surface area contributed by atoms with Crippen molar-refractivity contribution in [1.82, 2.24) is 10.2 Å². The first kappa shape index (κ1) is 20.3. The second-order valence-corrected chi connectivity index (χ2v) is 7.35. The van der Waals surface area contributed by atoms with Crippen LogP contribution in [-0.4, -0.2) is 44.0 Å². The maximum atomic E-state index is 12.9. The van der Waals surface area contributed by atoms with Gasteiger partial charge in [-0.25, -0.2) is 0 Å². The van der Waals surface area contributed by atoms with E-state index in [-0.39, 0.29) is 17.7 Å². The van der Waals surface area contributed by atoms with Gasteiger partial charge in [-0.05, 0) is 53.0 Å². The highest BCUT2D eigenvalue weighted by Crippen LogP contribution is 2.36. The summed E-state index contributed by atoms with van der Waals surface area (Å²) in [5, 5.41) is 2.89. The molecule has 0 aliphatic carbocycles. The summed E-state index contributed by atoms with van der Waals surface area (Å²) in [4.78, 5) is 27.0. The molecule has 1 aromatic heterocycles. The van der Waals surface area contributed by atoms with Crippen LogP contribution in [0, 0.1) is 5.92 Å². The van der Waals surface area contributed by atoms with Gasteiger partial charge in [-0.15, -0.1) is 0 Å². The number of ether oxygens (including phenoxy) is 2. The van der Waals surface area contributed by atoms with Gasteiger partial charge in [0.1, 0.15) is 21.7 Å². The van der Waals surface area contributed by atoms with Crippen molar-refractivity contribution in [3.05, 3.63) is 46.3 Å². The van der Waals surface area contributed by atoms with Crippen LogP contribution >= 0.6 is 15.9 Å². The van der Waals surface area contributed by atoms with E-state index in [0.29, 0.717) is 54.0 Å². The van der Waals surface area contributed by atoms with E-state index in [9.17, 15) is 9.59 Å². The summed E-state index contributed by atoms with van der Waals surface area (Å²) in [5.41, 5.74) is 0.498. The quantitative estimate of drug-likeness (QED) is 0.730. The molecule has 1 N–H and O–H groups in total. The van der Waals surface area contributed by atoms with Crippen LogP contribution in [0.4, 0.5) is 0 Å². The average molecular weight is 451 g/mol. The van der Waals surface area contributed by atoms with Gasteiger partial charge in [-0.1, -0.05) is 0 Å². The molecule has 0 radical (unpaired) electrons. The molecule has 2 aromatic rings. The number of benzene rings is 1. The van der Waals surface area contributed by atoms with Crippen molar-refractivity contribution in [1.29, 1.82) is 0 Å². The number of likely N-dealkylation sites (tertiary alicyclic amines) is 1. The van der Waals surface area contributed by atoms with Gasteiger partial charge in [0.05, 0.1) is 27.0 Å². The molecule has 7 nitrogen and oxygen atoms in total. The third-order valence-electron chi connectivity index (χ3n) is 4.86. The van der Waals surface area contributed by atoms with E-state index in [2.05, 4.69) is 21.2 Å². The second kappa shape index (κ2) is 9.14. The average Bonchev–Trinajstić information content (AvgIpc) is 3.25. The lowest BCUT2D eigenvalue weighted by atomic mass is 9.95. The first-order valence-electron chi connectivity index (χ1n) is 9.04. The molecule has 0 spiro atoms. The minimum absolute atomic E-state index is 0.00419. The van der Waals surface area contributed by atoms with Gasteiger partial charge in [-0.3, -0.25) is 9.59 Å². The summed E-state index contributed by atoms with van der Waals surface area (Å²) in [6.07, 6.45) is 2.83. The molecule has 1 aromatic carbocycles. The van der Waals surface area contributed by atoms with Gasteiger partial charge >= 0.3 is 0 Å². The Kier molecular flexibility index (Phi) is 6.61. The Morgan fingerprint density at radius 2 is 1.86 bits per heavy atom. The summed E-state index contributed by atoms with van der Waals surface area (Å²) in [6, 6.07) is 6.99. The molecule has 1 aliphatic rings. The van der Waals surface area contributed by atoms with Crippen molar-refractivity contribution in [2.75, 3.05) is 27.3 Å². The number of amides is 2. The molecule has 0 saturated carbocycles. The highest BCUT2D eigenvalue weighted by molar-refractivity contribution is 9.10. The van der Waals surface area contributed by atoms with E-state index >= 15 is 0 Å². The van der Waals surface area contributed by atoms with Crippen molar-refractivity contribution in [3.63, 3.8) is 0 Å². The smallest absolute Gasteiger partial charge is 0.254 e. The number of halogens is 1. The molecule has 0 unspecified atom stereocenters. The van der Waals surface area contributed by atoms with Gasteiger partial charge in [0.2, 0.25) is 5.91 Å². The van der Waals surface area contributed by atoms with Crippen LogP contribution in [0.1, 0.15) is 29.0 Å². The number of nitrogens with one attached hydrogen (secondary N) is 1. The highest BCUT2D eigenvalue weighted by Gasteiger charge is 2.28. The first-order valence-corrected chi connectivity index (χ1v) is 9.83. The van der Waals surface area contributed by atoms with Crippen LogP contribution in [0.2, 0.25) is 0 Å². The molecule has 1 saturated heterocycles. The molecule has 2 heterocycles. The Balaban J connectivity index is 1.58. The van der Waals surface area contributed by atoms with Crippen molar-refractivity contribution in [2.24, 2.45) is 5.92 Å². The van der Waals surface area contributed by atoms with Crippen LogP contribution in [0.3, 0.4) is 0 Å². The maximum Gasteiger partial charge on any atom is 0.254 e. The van der Waals surface area contributed by atoms with Gasteiger partial charge in [0, 0.05) is 24.6 Å². The van der Waals surface area contributed by atoms with Crippen LogP contribution in [0.5, 0.6) is 11.5 Å². The molecule has 1 aliphatic heterocycles. The molecule has 28 heavy (non-hydrogen) atoms. The van der Waals surface area contributed by atoms with Crippen molar-refractivity contribution in [2.45, 2.75) is 19.4 Å². The van der Waals surface area contributed by atoms with Crippen LogP contribution < -0.4 is 14.8 Å². The highest BCUT2D eigenvalue weighted by atomic mass is 79.9. The van der Waals surface area contributed by atoms with Gasteiger partial charge < -0.3 is 24.1 Å². The second-order valence-electron chi connectivity index (χ2n) is 6.56. The number of carbonyl (C=O) groups excluding carboxylic acids is 2. The Morgan fingerprint density at radius 1 is 1.21 bits per heavy atom. The molecule has 1 fully saturated rings. The number of hydrogen-bond acceptors (Lipinski definition) is 5. The molecule has 0 bridgehead atoms. The maximum absolute atomic E-state index is 12.9.